The van der Waals surface area contributed by atoms with E-state index in [1.165, 1.54) is 6.07 Å². The van der Waals surface area contributed by atoms with Crippen molar-refractivity contribution in [2.75, 3.05) is 6.54 Å². The lowest BCUT2D eigenvalue weighted by Crippen LogP contribution is -2.25. The minimum Gasteiger partial charge on any atom is -0.310 e. The van der Waals surface area contributed by atoms with Crippen molar-refractivity contribution >= 4 is 27.3 Å². The van der Waals surface area contributed by atoms with Crippen LogP contribution in [0.4, 0.5) is 13.2 Å². The molecule has 0 aliphatic carbocycles. The van der Waals surface area contributed by atoms with E-state index in [4.69, 9.17) is 0 Å². The van der Waals surface area contributed by atoms with Gasteiger partial charge in [0.25, 0.3) is 0 Å². The number of hydrogen-bond donors (Lipinski definition) is 1. The Balaban J connectivity index is 2.34. The molecule has 0 aliphatic heterocycles. The van der Waals surface area contributed by atoms with E-state index in [0.29, 0.717) is 18.5 Å². The van der Waals surface area contributed by atoms with Crippen molar-refractivity contribution in [2.24, 2.45) is 0 Å². The second-order valence-corrected chi connectivity index (χ2v) is 7.15. The number of nitrogens with one attached hydrogen (secondary N) is 1. The summed E-state index contributed by atoms with van der Waals surface area (Å²) in [6.45, 7) is 2.51. The van der Waals surface area contributed by atoms with E-state index in [0.717, 1.165) is 14.7 Å². The van der Waals surface area contributed by atoms with Gasteiger partial charge in [0.1, 0.15) is 0 Å². The molecule has 0 fully saturated rings. The second-order valence-electron chi connectivity index (χ2n) is 4.61. The third-order valence-electron chi connectivity index (χ3n) is 3.13. The third kappa shape index (κ3) is 4.31. The second kappa shape index (κ2) is 6.94. The highest BCUT2D eigenvalue weighted by atomic mass is 79.9. The Hall–Kier alpha value is -0.850. The van der Waals surface area contributed by atoms with Gasteiger partial charge in [-0.3, -0.25) is 0 Å². The smallest absolute Gasteiger partial charge is 0.310 e. The van der Waals surface area contributed by atoms with Crippen LogP contribution in [0.5, 0.6) is 0 Å². The van der Waals surface area contributed by atoms with Crippen LogP contribution in [0.1, 0.15) is 29.0 Å². The zero-order chi connectivity index (χ0) is 15.5. The average Bonchev–Trinajstić information content (AvgIpc) is 2.83. The molecule has 0 radical (unpaired) electrons. The average molecular weight is 378 g/mol. The van der Waals surface area contributed by atoms with E-state index in [2.05, 4.69) is 21.2 Å². The van der Waals surface area contributed by atoms with Crippen LogP contribution in [0.2, 0.25) is 0 Å². The van der Waals surface area contributed by atoms with Crippen LogP contribution >= 0.6 is 27.3 Å². The fourth-order valence-electron chi connectivity index (χ4n) is 2.26. The maximum Gasteiger partial charge on any atom is 0.416 e. The molecular weight excluding hydrogens is 363 g/mol. The maximum atomic E-state index is 13.2. The topological polar surface area (TPSA) is 12.0 Å². The number of halogens is 4. The van der Waals surface area contributed by atoms with Gasteiger partial charge in [0.15, 0.2) is 0 Å². The Morgan fingerprint density at radius 3 is 2.48 bits per heavy atom. The van der Waals surface area contributed by atoms with Crippen molar-refractivity contribution < 1.29 is 13.2 Å². The molecule has 0 saturated carbocycles. The Morgan fingerprint density at radius 2 is 1.90 bits per heavy atom. The van der Waals surface area contributed by atoms with Gasteiger partial charge in [-0.1, -0.05) is 25.1 Å². The Bertz CT molecular complexity index is 595. The third-order valence-corrected chi connectivity index (χ3v) is 4.77. The normalized spacial score (nSPS) is 13.4. The number of thiophene rings is 1. The van der Waals surface area contributed by atoms with Crippen molar-refractivity contribution in [3.05, 3.63) is 56.2 Å². The summed E-state index contributed by atoms with van der Waals surface area (Å²) < 4.78 is 40.5. The van der Waals surface area contributed by atoms with Gasteiger partial charge in [-0.05, 0) is 46.2 Å². The van der Waals surface area contributed by atoms with Gasteiger partial charge >= 0.3 is 6.18 Å². The predicted molar refractivity (Wildman–Crippen MR) is 83.6 cm³/mol. The molecule has 0 spiro atoms. The Labute approximate surface area is 134 Å². The molecule has 0 saturated heterocycles. The van der Waals surface area contributed by atoms with Crippen LogP contribution in [0.15, 0.2) is 40.2 Å². The first kappa shape index (κ1) is 16.5. The molecule has 1 atom stereocenters. The highest BCUT2D eigenvalue weighted by molar-refractivity contribution is 9.11. The first-order valence-corrected chi connectivity index (χ1v) is 8.16. The summed E-state index contributed by atoms with van der Waals surface area (Å²) in [7, 11) is 0. The van der Waals surface area contributed by atoms with E-state index in [1.807, 2.05) is 19.1 Å². The van der Waals surface area contributed by atoms with Crippen LogP contribution in [0.25, 0.3) is 0 Å². The fraction of sp³-hybridized carbons (Fsp3) is 0.333. The van der Waals surface area contributed by atoms with Gasteiger partial charge in [-0.2, -0.15) is 13.2 Å². The van der Waals surface area contributed by atoms with E-state index in [9.17, 15) is 13.2 Å². The molecule has 114 valence electrons. The van der Waals surface area contributed by atoms with Crippen molar-refractivity contribution in [1.29, 1.82) is 0 Å². The number of rotatable bonds is 5. The highest BCUT2D eigenvalue weighted by Gasteiger charge is 2.34. The van der Waals surface area contributed by atoms with Crippen LogP contribution < -0.4 is 5.32 Å². The van der Waals surface area contributed by atoms with Crippen LogP contribution in [-0.4, -0.2) is 6.54 Å². The lowest BCUT2D eigenvalue weighted by Gasteiger charge is -2.22. The van der Waals surface area contributed by atoms with Gasteiger partial charge in [0.2, 0.25) is 0 Å². The Kier molecular flexibility index (Phi) is 5.46. The molecule has 1 aromatic heterocycles. The quantitative estimate of drug-likeness (QED) is 0.732. The molecule has 2 aromatic rings. The summed E-state index contributed by atoms with van der Waals surface area (Å²) in [6, 6.07) is 9.28. The van der Waals surface area contributed by atoms with Crippen LogP contribution in [-0.2, 0) is 12.6 Å². The maximum absolute atomic E-state index is 13.2. The standard InChI is InChI=1S/C15H15BrF3NS/c1-2-20-13(9-10-7-8-14(16)21-10)11-5-3-4-6-12(11)15(17,18)19/h3-8,13,20H,2,9H2,1H3. The first-order chi connectivity index (χ1) is 9.91. The van der Waals surface area contributed by atoms with Crippen molar-refractivity contribution in [3.63, 3.8) is 0 Å². The van der Waals surface area contributed by atoms with Gasteiger partial charge < -0.3 is 5.32 Å². The minimum atomic E-state index is -4.33. The van der Waals surface area contributed by atoms with E-state index in [-0.39, 0.29) is 6.04 Å². The number of likely N-dealkylation sites (N-methyl/N-ethyl adjacent to an activating group) is 1. The molecule has 21 heavy (non-hydrogen) atoms. The summed E-state index contributed by atoms with van der Waals surface area (Å²) in [5, 5.41) is 3.16. The summed E-state index contributed by atoms with van der Waals surface area (Å²) in [5.41, 5.74) is -0.261. The molecule has 0 amide bonds. The summed E-state index contributed by atoms with van der Waals surface area (Å²) in [4.78, 5) is 1.05. The molecule has 0 bridgehead atoms. The van der Waals surface area contributed by atoms with Gasteiger partial charge in [-0.15, -0.1) is 11.3 Å². The van der Waals surface area contributed by atoms with Gasteiger partial charge in [0.05, 0.1) is 9.35 Å². The van der Waals surface area contributed by atoms with Crippen molar-refractivity contribution in [1.82, 2.24) is 5.32 Å². The summed E-state index contributed by atoms with van der Waals surface area (Å²) >= 11 is 4.93. The SMILES string of the molecule is CCNC(Cc1ccc(Br)s1)c1ccccc1C(F)(F)F. The molecule has 1 aromatic carbocycles. The van der Waals surface area contributed by atoms with E-state index < -0.39 is 11.7 Å². The van der Waals surface area contributed by atoms with Crippen LogP contribution in [0, 0.1) is 0 Å². The van der Waals surface area contributed by atoms with E-state index >= 15 is 0 Å². The zero-order valence-electron chi connectivity index (χ0n) is 11.4. The molecule has 1 nitrogen and oxygen atoms in total. The number of benzene rings is 1. The molecular formula is C15H15BrF3NS. The number of alkyl halides is 3. The molecule has 1 heterocycles. The molecule has 1 N–H and O–H groups in total. The lowest BCUT2D eigenvalue weighted by molar-refractivity contribution is -0.138. The number of hydrogen-bond acceptors (Lipinski definition) is 2. The molecule has 2 rings (SSSR count). The highest BCUT2D eigenvalue weighted by Crippen LogP contribution is 2.36. The molecule has 0 aliphatic rings. The zero-order valence-corrected chi connectivity index (χ0v) is 13.8. The Morgan fingerprint density at radius 1 is 1.19 bits per heavy atom. The molecule has 1 unspecified atom stereocenters. The van der Waals surface area contributed by atoms with Crippen molar-refractivity contribution in [3.8, 4) is 0 Å². The fourth-order valence-corrected chi connectivity index (χ4v) is 3.79. The van der Waals surface area contributed by atoms with E-state index in [1.54, 1.807) is 23.5 Å². The largest absolute Gasteiger partial charge is 0.416 e. The lowest BCUT2D eigenvalue weighted by atomic mass is 9.97. The minimum absolute atomic E-state index is 0.302. The monoisotopic (exact) mass is 377 g/mol. The van der Waals surface area contributed by atoms with Gasteiger partial charge in [0, 0.05) is 17.3 Å². The van der Waals surface area contributed by atoms with Crippen LogP contribution in [0.3, 0.4) is 0 Å². The van der Waals surface area contributed by atoms with Gasteiger partial charge in [-0.25, -0.2) is 0 Å². The summed E-state index contributed by atoms with van der Waals surface area (Å²) in [5.74, 6) is 0. The summed E-state index contributed by atoms with van der Waals surface area (Å²) in [6.07, 6.45) is -3.79. The molecule has 6 heteroatoms. The first-order valence-electron chi connectivity index (χ1n) is 6.55. The van der Waals surface area contributed by atoms with Crippen molar-refractivity contribution in [2.45, 2.75) is 25.6 Å². The predicted octanol–water partition coefficient (Wildman–Crippen LogP) is 5.42.